The Hall–Kier alpha value is -4.68. The van der Waals surface area contributed by atoms with Gasteiger partial charge in [-0.05, 0) is 72.6 Å². The van der Waals surface area contributed by atoms with Gasteiger partial charge in [-0.15, -0.1) is 0 Å². The van der Waals surface area contributed by atoms with Gasteiger partial charge in [0.2, 0.25) is 0 Å². The van der Waals surface area contributed by atoms with Crippen LogP contribution >= 0.6 is 0 Å². The number of benzene rings is 7. The van der Waals surface area contributed by atoms with Gasteiger partial charge in [0.25, 0.3) is 0 Å². The van der Waals surface area contributed by atoms with E-state index in [1.54, 1.807) is 0 Å². The highest BCUT2D eigenvalue weighted by Gasteiger charge is 2.18. The maximum absolute atomic E-state index is 2.36. The molecule has 7 aromatic carbocycles. The van der Waals surface area contributed by atoms with Crippen LogP contribution in [0.15, 0.2) is 140 Å². The van der Waals surface area contributed by atoms with Crippen molar-refractivity contribution < 1.29 is 0 Å². The topological polar surface area (TPSA) is 0 Å². The Labute approximate surface area is 231 Å². The van der Waals surface area contributed by atoms with Gasteiger partial charge < -0.3 is 0 Å². The molecular formula is C39H32. The van der Waals surface area contributed by atoms with Crippen molar-refractivity contribution in [3.8, 4) is 33.4 Å². The minimum absolute atomic E-state index is 1.24. The maximum atomic E-state index is 2.36. The minimum atomic E-state index is 1.24. The summed E-state index contributed by atoms with van der Waals surface area (Å²) in [6, 6.07) is 50.8. The van der Waals surface area contributed by atoms with Crippen LogP contribution in [0.1, 0.15) is 19.4 Å². The molecule has 188 valence electrons. The summed E-state index contributed by atoms with van der Waals surface area (Å²) < 4.78 is 0. The number of hydrogen-bond donors (Lipinski definition) is 0. The van der Waals surface area contributed by atoms with Gasteiger partial charge in [-0.25, -0.2) is 0 Å². The summed E-state index contributed by atoms with van der Waals surface area (Å²) in [5.41, 5.74) is 8.90. The average molecular weight is 501 g/mol. The Morgan fingerprint density at radius 1 is 0.359 bits per heavy atom. The van der Waals surface area contributed by atoms with Crippen molar-refractivity contribution in [2.75, 3.05) is 0 Å². The lowest BCUT2D eigenvalue weighted by Crippen LogP contribution is -1.92. The Balaban J connectivity index is 0.00000135. The van der Waals surface area contributed by atoms with E-state index < -0.39 is 0 Å². The first-order valence-corrected chi connectivity index (χ1v) is 13.9. The molecule has 0 fully saturated rings. The zero-order chi connectivity index (χ0) is 26.8. The molecule has 7 aromatic rings. The normalized spacial score (nSPS) is 10.9. The molecule has 0 amide bonds. The van der Waals surface area contributed by atoms with Crippen LogP contribution in [0.4, 0.5) is 0 Å². The molecule has 0 unspecified atom stereocenters. The summed E-state index contributed by atoms with van der Waals surface area (Å²) in [4.78, 5) is 0. The fraction of sp³-hybridized carbons (Fsp3) is 0.0769. The number of hydrogen-bond acceptors (Lipinski definition) is 0. The fourth-order valence-corrected chi connectivity index (χ4v) is 5.80. The van der Waals surface area contributed by atoms with Gasteiger partial charge in [0.05, 0.1) is 0 Å². The van der Waals surface area contributed by atoms with E-state index in [0.29, 0.717) is 0 Å². The highest BCUT2D eigenvalue weighted by molar-refractivity contribution is 6.23. The van der Waals surface area contributed by atoms with Gasteiger partial charge in [0.1, 0.15) is 0 Å². The van der Waals surface area contributed by atoms with Crippen LogP contribution in [0.3, 0.4) is 0 Å². The second-order valence-corrected chi connectivity index (χ2v) is 9.81. The highest BCUT2D eigenvalue weighted by Crippen LogP contribution is 2.45. The van der Waals surface area contributed by atoms with Gasteiger partial charge in [-0.2, -0.15) is 0 Å². The van der Waals surface area contributed by atoms with Gasteiger partial charge in [0.15, 0.2) is 0 Å². The predicted molar refractivity (Wildman–Crippen MR) is 171 cm³/mol. The summed E-state index contributed by atoms with van der Waals surface area (Å²) in [6.45, 7) is 6.19. The van der Waals surface area contributed by atoms with Gasteiger partial charge in [0, 0.05) is 0 Å². The molecule has 0 heteroatoms. The quantitative estimate of drug-likeness (QED) is 0.212. The maximum Gasteiger partial charge on any atom is -0.00201 e. The molecule has 0 aliphatic heterocycles. The van der Waals surface area contributed by atoms with Crippen molar-refractivity contribution in [1.29, 1.82) is 0 Å². The van der Waals surface area contributed by atoms with Crippen LogP contribution in [0.5, 0.6) is 0 Å². The third-order valence-electron chi connectivity index (χ3n) is 7.52. The summed E-state index contributed by atoms with van der Waals surface area (Å²) in [5.74, 6) is 0. The van der Waals surface area contributed by atoms with E-state index in [1.165, 1.54) is 71.3 Å². The van der Waals surface area contributed by atoms with E-state index in [1.807, 2.05) is 13.8 Å². The highest BCUT2D eigenvalue weighted by atomic mass is 14.2. The summed E-state index contributed by atoms with van der Waals surface area (Å²) in [7, 11) is 0. The lowest BCUT2D eigenvalue weighted by atomic mass is 9.84. The Morgan fingerprint density at radius 3 is 1.64 bits per heavy atom. The van der Waals surface area contributed by atoms with Gasteiger partial charge in [-0.1, -0.05) is 159 Å². The largest absolute Gasteiger partial charge is 0.0683 e. The molecule has 0 aromatic heterocycles. The molecular weight excluding hydrogens is 468 g/mol. The zero-order valence-corrected chi connectivity index (χ0v) is 22.8. The number of aryl methyl sites for hydroxylation is 1. The third-order valence-corrected chi connectivity index (χ3v) is 7.52. The molecule has 39 heavy (non-hydrogen) atoms. The molecule has 0 aliphatic carbocycles. The first-order valence-electron chi connectivity index (χ1n) is 13.9. The molecule has 0 heterocycles. The monoisotopic (exact) mass is 500 g/mol. The first kappa shape index (κ1) is 24.6. The predicted octanol–water partition coefficient (Wildman–Crippen LogP) is 11.5. The minimum Gasteiger partial charge on any atom is -0.0683 e. The smallest absolute Gasteiger partial charge is 0.00201 e. The van der Waals surface area contributed by atoms with Crippen molar-refractivity contribution in [2.24, 2.45) is 0 Å². The van der Waals surface area contributed by atoms with Crippen molar-refractivity contribution in [3.05, 3.63) is 145 Å². The van der Waals surface area contributed by atoms with E-state index in [4.69, 9.17) is 0 Å². The second kappa shape index (κ2) is 10.6. The molecule has 0 N–H and O–H groups in total. The average Bonchev–Trinajstić information content (AvgIpc) is 3.01. The molecule has 0 radical (unpaired) electrons. The molecule has 7 rings (SSSR count). The molecule has 0 saturated carbocycles. The summed E-state index contributed by atoms with van der Waals surface area (Å²) in [5, 5.41) is 7.73. The zero-order valence-electron chi connectivity index (χ0n) is 22.8. The van der Waals surface area contributed by atoms with E-state index in [2.05, 4.69) is 146 Å². The van der Waals surface area contributed by atoms with E-state index in [0.717, 1.165) is 0 Å². The lowest BCUT2D eigenvalue weighted by molar-refractivity contribution is 1.50. The van der Waals surface area contributed by atoms with Crippen LogP contribution in [0, 0.1) is 6.92 Å². The third kappa shape index (κ3) is 4.39. The molecule has 0 atom stereocenters. The van der Waals surface area contributed by atoms with E-state index in [9.17, 15) is 0 Å². The van der Waals surface area contributed by atoms with E-state index >= 15 is 0 Å². The SMILES string of the molecule is CC.Cc1ccc2c(-c3cccc4ccccc34)c3ccccc3c(-c3ccc(-c4ccccc4)cc3)c2c1. The first-order chi connectivity index (χ1) is 19.3. The van der Waals surface area contributed by atoms with Crippen LogP contribution in [0.25, 0.3) is 65.7 Å². The summed E-state index contributed by atoms with van der Waals surface area (Å²) in [6.07, 6.45) is 0. The van der Waals surface area contributed by atoms with Gasteiger partial charge >= 0.3 is 0 Å². The molecule has 0 bridgehead atoms. The molecule has 0 nitrogen and oxygen atoms in total. The Bertz CT molecular complexity index is 1900. The van der Waals surface area contributed by atoms with Crippen molar-refractivity contribution in [3.63, 3.8) is 0 Å². The fourth-order valence-electron chi connectivity index (χ4n) is 5.80. The molecule has 0 spiro atoms. The number of rotatable bonds is 3. The van der Waals surface area contributed by atoms with Crippen LogP contribution in [0.2, 0.25) is 0 Å². The summed E-state index contributed by atoms with van der Waals surface area (Å²) >= 11 is 0. The van der Waals surface area contributed by atoms with Crippen molar-refractivity contribution >= 4 is 32.3 Å². The van der Waals surface area contributed by atoms with Crippen LogP contribution < -0.4 is 0 Å². The van der Waals surface area contributed by atoms with Crippen molar-refractivity contribution in [1.82, 2.24) is 0 Å². The van der Waals surface area contributed by atoms with Crippen LogP contribution in [-0.4, -0.2) is 0 Å². The van der Waals surface area contributed by atoms with E-state index in [-0.39, 0.29) is 0 Å². The lowest BCUT2D eigenvalue weighted by Gasteiger charge is -2.19. The van der Waals surface area contributed by atoms with Crippen LogP contribution in [-0.2, 0) is 0 Å². The Morgan fingerprint density at radius 2 is 0.897 bits per heavy atom. The van der Waals surface area contributed by atoms with Gasteiger partial charge in [-0.3, -0.25) is 0 Å². The molecule has 0 aliphatic rings. The standard InChI is InChI=1S/C37H26.C2H6/c1-25-18-23-34-35(24-25)36(29-21-19-27(20-22-29)26-10-3-2-4-11-26)32-15-7-8-16-33(32)37(34)31-17-9-13-28-12-5-6-14-30(28)31;1-2/h2-24H,1H3;1-2H3. The number of fused-ring (bicyclic) bond motifs is 3. The molecule has 0 saturated heterocycles. The second-order valence-electron chi connectivity index (χ2n) is 9.81. The van der Waals surface area contributed by atoms with Crippen molar-refractivity contribution in [2.45, 2.75) is 20.8 Å². The Kier molecular flexibility index (Phi) is 6.69.